The number of phenols is 1. The summed E-state index contributed by atoms with van der Waals surface area (Å²) >= 11 is 0. The van der Waals surface area contributed by atoms with E-state index < -0.39 is 64.1 Å². The van der Waals surface area contributed by atoms with Crippen LogP contribution in [0.15, 0.2) is 77.6 Å². The van der Waals surface area contributed by atoms with E-state index in [1.54, 1.807) is 33.2 Å². The molecule has 3 unspecified atom stereocenters. The molecule has 3 aromatic rings. The number of Topliss-reactive ketones (excluding diaryl/α,β-unsaturated/α-hetero) is 2. The number of aliphatic hydroxyl groups excluding tert-OH is 2. The number of phenolic OH excluding ortho intramolecular Hbond substituents is 1. The molecular formula is C40H43N3O10. The summed E-state index contributed by atoms with van der Waals surface area (Å²) in [4.78, 5) is 54.4. The van der Waals surface area contributed by atoms with Crippen LogP contribution in [0.1, 0.15) is 35.6 Å². The number of hydrogen-bond donors (Lipinski definition) is 6. The molecule has 0 spiro atoms. The van der Waals surface area contributed by atoms with Gasteiger partial charge in [-0.15, -0.1) is 0 Å². The van der Waals surface area contributed by atoms with Crippen molar-refractivity contribution < 1.29 is 49.1 Å². The van der Waals surface area contributed by atoms with E-state index in [-0.39, 0.29) is 48.8 Å². The fraction of sp³-hybridized carbons (Fsp3) is 0.350. The zero-order valence-corrected chi connectivity index (χ0v) is 29.9. The van der Waals surface area contributed by atoms with Crippen molar-refractivity contribution in [3.63, 3.8) is 0 Å². The number of carbonyl (C=O) groups excluding carboxylic acids is 4. The Morgan fingerprint density at radius 2 is 1.74 bits per heavy atom. The monoisotopic (exact) mass is 725 g/mol. The minimum Gasteiger partial charge on any atom is -0.508 e. The number of nitrogens with two attached hydrogens (primary N) is 1. The lowest BCUT2D eigenvalue weighted by Gasteiger charge is -2.50. The highest BCUT2D eigenvalue weighted by Crippen LogP contribution is 2.54. The number of methoxy groups -OCH3 is 1. The maximum absolute atomic E-state index is 14.2. The summed E-state index contributed by atoms with van der Waals surface area (Å²) in [6, 6.07) is 16.3. The lowest BCUT2D eigenvalue weighted by molar-refractivity contribution is -0.153. The van der Waals surface area contributed by atoms with Gasteiger partial charge in [0.05, 0.1) is 25.3 Å². The van der Waals surface area contributed by atoms with Crippen LogP contribution in [-0.4, -0.2) is 94.3 Å². The second-order valence-corrected chi connectivity index (χ2v) is 13.9. The second kappa shape index (κ2) is 14.5. The van der Waals surface area contributed by atoms with Gasteiger partial charge in [-0.1, -0.05) is 42.5 Å². The molecule has 1 fully saturated rings. The Hall–Kier alpha value is -5.50. The zero-order chi connectivity index (χ0) is 38.4. The van der Waals surface area contributed by atoms with E-state index in [2.05, 4.69) is 5.32 Å². The SMILES string of the molecule is CCOC(=O)C(Cc1ccccc1)NCc1ccc(OC)c(-c2ccc(O)c3c2CC2CC4[C@H](N(C)C)C(=O)C(C(N)=O)=C(O)[C@@]4(O)C(=O)C2=C3O)c1. The topological polar surface area (TPSA) is 209 Å². The molecule has 1 saturated carbocycles. The summed E-state index contributed by atoms with van der Waals surface area (Å²) in [5, 5.41) is 49.2. The van der Waals surface area contributed by atoms with Gasteiger partial charge in [0.1, 0.15) is 34.6 Å². The molecule has 0 saturated heterocycles. The van der Waals surface area contributed by atoms with E-state index >= 15 is 0 Å². The standard InChI is InChI=1S/C40H43N3O10/c1-5-53-39(50)27(16-20-9-7-6-8-10-20)42-19-21-11-14-29(52-4)24(15-21)23-12-13-28(44)31-25(23)17-22-18-26-33(43(2)3)35(46)32(38(41)49)37(48)40(26,51)36(47)30(22)34(31)45/h6-15,22,26-27,33,42,44-45,48,51H,5,16-19H2,1-4H3,(H2,41,49)/t22?,26?,27?,33-,40-/m0/s1. The Bertz CT molecular complexity index is 2060. The van der Waals surface area contributed by atoms with Crippen molar-refractivity contribution >= 4 is 29.2 Å². The third-order valence-corrected chi connectivity index (χ3v) is 10.6. The lowest BCUT2D eigenvalue weighted by Crippen LogP contribution is -2.65. The molecule has 1 amide bonds. The number of hydrogen-bond acceptors (Lipinski definition) is 12. The van der Waals surface area contributed by atoms with E-state index in [0.29, 0.717) is 28.9 Å². The third-order valence-electron chi connectivity index (χ3n) is 10.6. The minimum absolute atomic E-state index is 0.0328. The Labute approximate surface area is 306 Å². The number of carbonyl (C=O) groups is 4. The molecule has 13 nitrogen and oxygen atoms in total. The number of benzene rings is 3. The first-order chi connectivity index (χ1) is 25.2. The smallest absolute Gasteiger partial charge is 0.323 e. The highest BCUT2D eigenvalue weighted by atomic mass is 16.5. The summed E-state index contributed by atoms with van der Waals surface area (Å²) in [6.45, 7) is 2.27. The summed E-state index contributed by atoms with van der Waals surface area (Å²) in [6.07, 6.45) is 0.473. The quantitative estimate of drug-likeness (QED) is 0.125. The van der Waals surface area contributed by atoms with Crippen LogP contribution >= 0.6 is 0 Å². The Balaban J connectivity index is 1.41. The average Bonchev–Trinajstić information content (AvgIpc) is 3.12. The molecule has 53 heavy (non-hydrogen) atoms. The van der Waals surface area contributed by atoms with E-state index in [1.165, 1.54) is 18.1 Å². The molecular weight excluding hydrogens is 682 g/mol. The largest absolute Gasteiger partial charge is 0.508 e. The number of likely N-dealkylation sites (N-methyl/N-ethyl adjacent to an activating group) is 1. The lowest BCUT2D eigenvalue weighted by atomic mass is 9.57. The van der Waals surface area contributed by atoms with Crippen molar-refractivity contribution in [1.29, 1.82) is 0 Å². The Morgan fingerprint density at radius 1 is 1.02 bits per heavy atom. The molecule has 3 aromatic carbocycles. The molecule has 6 rings (SSSR count). The van der Waals surface area contributed by atoms with Crippen LogP contribution in [0.25, 0.3) is 16.9 Å². The van der Waals surface area contributed by atoms with E-state index in [9.17, 15) is 39.6 Å². The highest BCUT2D eigenvalue weighted by Gasteiger charge is 2.64. The number of aromatic hydroxyl groups is 1. The third kappa shape index (κ3) is 6.34. The highest BCUT2D eigenvalue weighted by molar-refractivity contribution is 6.24. The number of nitrogens with zero attached hydrogens (tertiary/aromatic N) is 1. The van der Waals surface area contributed by atoms with E-state index in [4.69, 9.17) is 15.2 Å². The molecule has 278 valence electrons. The van der Waals surface area contributed by atoms with Crippen molar-refractivity contribution in [1.82, 2.24) is 10.2 Å². The van der Waals surface area contributed by atoms with Crippen molar-refractivity contribution in [3.8, 4) is 22.6 Å². The van der Waals surface area contributed by atoms with E-state index in [0.717, 1.165) is 11.1 Å². The van der Waals surface area contributed by atoms with Crippen LogP contribution in [0.3, 0.4) is 0 Å². The molecule has 3 aliphatic rings. The van der Waals surface area contributed by atoms with Crippen LogP contribution < -0.4 is 15.8 Å². The first-order valence-electron chi connectivity index (χ1n) is 17.3. The summed E-state index contributed by atoms with van der Waals surface area (Å²) in [5.74, 6) is -7.11. The van der Waals surface area contributed by atoms with Crippen molar-refractivity contribution in [3.05, 3.63) is 99.8 Å². The molecule has 3 aliphatic carbocycles. The average molecular weight is 726 g/mol. The number of primary amides is 1. The van der Waals surface area contributed by atoms with Crippen LogP contribution in [0.2, 0.25) is 0 Å². The number of amides is 1. The van der Waals surface area contributed by atoms with Gasteiger partial charge in [-0.3, -0.25) is 24.1 Å². The molecule has 0 bridgehead atoms. The Kier molecular flexibility index (Phi) is 10.2. The van der Waals surface area contributed by atoms with Gasteiger partial charge in [0.2, 0.25) is 5.78 Å². The molecule has 0 radical (unpaired) electrons. The van der Waals surface area contributed by atoms with E-state index in [1.807, 2.05) is 42.5 Å². The number of fused-ring (bicyclic) bond motifs is 3. The molecule has 0 heterocycles. The van der Waals surface area contributed by atoms with Crippen molar-refractivity contribution in [2.75, 3.05) is 27.8 Å². The summed E-state index contributed by atoms with van der Waals surface area (Å²) in [5.41, 5.74) is 5.00. The van der Waals surface area contributed by atoms with Gasteiger partial charge >= 0.3 is 5.97 Å². The van der Waals surface area contributed by atoms with Gasteiger partial charge in [0.15, 0.2) is 11.4 Å². The maximum Gasteiger partial charge on any atom is 0.323 e. The molecule has 0 aliphatic heterocycles. The number of nitrogens with one attached hydrogen (secondary N) is 1. The number of rotatable bonds is 11. The van der Waals surface area contributed by atoms with Gasteiger partial charge in [0.25, 0.3) is 5.91 Å². The predicted molar refractivity (Wildman–Crippen MR) is 194 cm³/mol. The Morgan fingerprint density at radius 3 is 2.38 bits per heavy atom. The number of esters is 1. The molecule has 13 heteroatoms. The maximum atomic E-state index is 14.2. The fourth-order valence-electron chi connectivity index (χ4n) is 8.14. The van der Waals surface area contributed by atoms with Crippen LogP contribution in [0.4, 0.5) is 0 Å². The van der Waals surface area contributed by atoms with Crippen LogP contribution in [0, 0.1) is 11.8 Å². The second-order valence-electron chi connectivity index (χ2n) is 13.9. The molecule has 0 aromatic heterocycles. The van der Waals surface area contributed by atoms with Crippen molar-refractivity contribution in [2.24, 2.45) is 17.6 Å². The summed E-state index contributed by atoms with van der Waals surface area (Å²) < 4.78 is 11.1. The normalized spacial score (nSPS) is 22.9. The molecule has 7 N–H and O–H groups in total. The number of aliphatic hydroxyl groups is 3. The first kappa shape index (κ1) is 37.3. The fourth-order valence-corrected chi connectivity index (χ4v) is 8.14. The van der Waals surface area contributed by atoms with Crippen LogP contribution in [-0.2, 0) is 43.3 Å². The molecule has 5 atom stereocenters. The minimum atomic E-state index is -2.73. The van der Waals surface area contributed by atoms with Gasteiger partial charge in [-0.05, 0) is 86.7 Å². The van der Waals surface area contributed by atoms with Crippen LogP contribution in [0.5, 0.6) is 11.5 Å². The van der Waals surface area contributed by atoms with Gasteiger partial charge < -0.3 is 41.0 Å². The summed E-state index contributed by atoms with van der Waals surface area (Å²) in [7, 11) is 4.61. The number of ether oxygens (including phenoxy) is 2. The van der Waals surface area contributed by atoms with Crippen molar-refractivity contribution in [2.45, 2.75) is 50.4 Å². The van der Waals surface area contributed by atoms with Gasteiger partial charge in [-0.2, -0.15) is 0 Å². The zero-order valence-electron chi connectivity index (χ0n) is 29.9. The predicted octanol–water partition coefficient (Wildman–Crippen LogP) is 2.90. The van der Waals surface area contributed by atoms with Gasteiger partial charge in [0, 0.05) is 23.6 Å². The number of ketones is 2. The van der Waals surface area contributed by atoms with Gasteiger partial charge in [-0.25, -0.2) is 0 Å². The first-order valence-corrected chi connectivity index (χ1v) is 17.3.